The van der Waals surface area contributed by atoms with Gasteiger partial charge in [-0.15, -0.1) is 24.0 Å². The molecule has 0 aliphatic carbocycles. The SMILES string of the molecule is CN=C(NCc1ccc(OCCCN(C)C)cc1)NC(C)c1ccccc1.I. The van der Waals surface area contributed by atoms with Crippen LogP contribution in [0.3, 0.4) is 0 Å². The lowest BCUT2D eigenvalue weighted by atomic mass is 10.1. The number of nitrogens with one attached hydrogen (secondary N) is 2. The van der Waals surface area contributed by atoms with Crippen molar-refractivity contribution in [1.82, 2.24) is 15.5 Å². The van der Waals surface area contributed by atoms with Gasteiger partial charge in [-0.2, -0.15) is 0 Å². The van der Waals surface area contributed by atoms with Crippen LogP contribution in [0.5, 0.6) is 5.75 Å². The maximum absolute atomic E-state index is 5.78. The Morgan fingerprint density at radius 2 is 1.75 bits per heavy atom. The number of hydrogen-bond donors (Lipinski definition) is 2. The van der Waals surface area contributed by atoms with Crippen molar-refractivity contribution in [2.75, 3.05) is 34.3 Å². The van der Waals surface area contributed by atoms with E-state index in [-0.39, 0.29) is 30.0 Å². The summed E-state index contributed by atoms with van der Waals surface area (Å²) >= 11 is 0. The van der Waals surface area contributed by atoms with Gasteiger partial charge in [0.05, 0.1) is 12.6 Å². The Kier molecular flexibility index (Phi) is 11.6. The zero-order valence-electron chi connectivity index (χ0n) is 17.3. The summed E-state index contributed by atoms with van der Waals surface area (Å²) in [6.45, 7) is 4.62. The molecule has 0 saturated carbocycles. The van der Waals surface area contributed by atoms with Crippen molar-refractivity contribution in [3.63, 3.8) is 0 Å². The van der Waals surface area contributed by atoms with Gasteiger partial charge in [-0.3, -0.25) is 4.99 Å². The summed E-state index contributed by atoms with van der Waals surface area (Å²) in [6.07, 6.45) is 1.03. The molecule has 0 heterocycles. The van der Waals surface area contributed by atoms with Gasteiger partial charge in [-0.05, 0) is 50.7 Å². The molecule has 28 heavy (non-hydrogen) atoms. The predicted molar refractivity (Wildman–Crippen MR) is 129 cm³/mol. The molecule has 0 aliphatic rings. The lowest BCUT2D eigenvalue weighted by Gasteiger charge is -2.18. The highest BCUT2D eigenvalue weighted by Crippen LogP contribution is 2.13. The van der Waals surface area contributed by atoms with Crippen molar-refractivity contribution in [2.24, 2.45) is 4.99 Å². The Labute approximate surface area is 186 Å². The van der Waals surface area contributed by atoms with E-state index >= 15 is 0 Å². The fourth-order valence-corrected chi connectivity index (χ4v) is 2.68. The van der Waals surface area contributed by atoms with Gasteiger partial charge in [0, 0.05) is 20.1 Å². The van der Waals surface area contributed by atoms with E-state index in [2.05, 4.69) is 65.8 Å². The Balaban J connectivity index is 0.00000392. The first-order valence-corrected chi connectivity index (χ1v) is 9.47. The second kappa shape index (κ2) is 13.4. The number of nitrogens with zero attached hydrogens (tertiary/aromatic N) is 2. The lowest BCUT2D eigenvalue weighted by molar-refractivity contribution is 0.281. The van der Waals surface area contributed by atoms with Crippen molar-refractivity contribution in [1.29, 1.82) is 0 Å². The zero-order valence-corrected chi connectivity index (χ0v) is 19.6. The topological polar surface area (TPSA) is 48.9 Å². The molecular formula is C22H33IN4O. The standard InChI is InChI=1S/C22H32N4O.HI/c1-18(20-9-6-5-7-10-20)25-22(23-2)24-17-19-11-13-21(14-12-19)27-16-8-15-26(3)4;/h5-7,9-14,18H,8,15-17H2,1-4H3,(H2,23,24,25);1H. The van der Waals surface area contributed by atoms with E-state index in [9.17, 15) is 0 Å². The highest BCUT2D eigenvalue weighted by atomic mass is 127. The minimum Gasteiger partial charge on any atom is -0.494 e. The highest BCUT2D eigenvalue weighted by Gasteiger charge is 2.07. The van der Waals surface area contributed by atoms with E-state index < -0.39 is 0 Å². The Bertz CT molecular complexity index is 689. The second-order valence-electron chi connectivity index (χ2n) is 6.85. The summed E-state index contributed by atoms with van der Waals surface area (Å²) in [5.41, 5.74) is 2.42. The molecular weight excluding hydrogens is 463 g/mol. The van der Waals surface area contributed by atoms with Crippen molar-refractivity contribution in [3.8, 4) is 5.75 Å². The fourth-order valence-electron chi connectivity index (χ4n) is 2.68. The van der Waals surface area contributed by atoms with Gasteiger partial charge in [-0.25, -0.2) is 0 Å². The van der Waals surface area contributed by atoms with Crippen LogP contribution < -0.4 is 15.4 Å². The molecule has 0 amide bonds. The summed E-state index contributed by atoms with van der Waals surface area (Å²) in [5, 5.41) is 6.78. The molecule has 0 saturated heterocycles. The number of hydrogen-bond acceptors (Lipinski definition) is 3. The van der Waals surface area contributed by atoms with Crippen molar-refractivity contribution >= 4 is 29.9 Å². The van der Waals surface area contributed by atoms with Crippen LogP contribution in [0, 0.1) is 0 Å². The smallest absolute Gasteiger partial charge is 0.191 e. The Morgan fingerprint density at radius 1 is 1.07 bits per heavy atom. The molecule has 0 spiro atoms. The molecule has 2 aromatic rings. The second-order valence-corrected chi connectivity index (χ2v) is 6.85. The van der Waals surface area contributed by atoms with Crippen LogP contribution in [0.25, 0.3) is 0 Å². The first kappa shape index (κ1) is 24.2. The Hall–Kier alpha value is -1.80. The van der Waals surface area contributed by atoms with Crippen LogP contribution in [0.1, 0.15) is 30.5 Å². The predicted octanol–water partition coefficient (Wildman–Crippen LogP) is 4.06. The normalized spacial score (nSPS) is 12.2. The Morgan fingerprint density at radius 3 is 2.36 bits per heavy atom. The van der Waals surface area contributed by atoms with E-state index in [1.165, 1.54) is 11.1 Å². The molecule has 154 valence electrons. The van der Waals surface area contributed by atoms with E-state index in [1.807, 2.05) is 30.3 Å². The third-order valence-corrected chi connectivity index (χ3v) is 4.28. The average molecular weight is 496 g/mol. The molecule has 1 unspecified atom stereocenters. The molecule has 0 bridgehead atoms. The van der Waals surface area contributed by atoms with Crippen molar-refractivity contribution < 1.29 is 4.74 Å². The molecule has 0 aliphatic heterocycles. The average Bonchev–Trinajstić information content (AvgIpc) is 2.69. The number of ether oxygens (including phenoxy) is 1. The highest BCUT2D eigenvalue weighted by molar-refractivity contribution is 14.0. The molecule has 1 atom stereocenters. The first-order valence-electron chi connectivity index (χ1n) is 9.47. The molecule has 0 fully saturated rings. The van der Waals surface area contributed by atoms with Crippen LogP contribution in [0.2, 0.25) is 0 Å². The van der Waals surface area contributed by atoms with Gasteiger partial charge in [0.15, 0.2) is 5.96 Å². The van der Waals surface area contributed by atoms with Crippen LogP contribution in [-0.2, 0) is 6.54 Å². The minimum atomic E-state index is 0. The molecule has 5 nitrogen and oxygen atoms in total. The largest absolute Gasteiger partial charge is 0.494 e. The van der Waals surface area contributed by atoms with Crippen LogP contribution in [0.15, 0.2) is 59.6 Å². The maximum atomic E-state index is 5.78. The van der Waals surface area contributed by atoms with E-state index in [1.54, 1.807) is 7.05 Å². The van der Waals surface area contributed by atoms with E-state index in [0.29, 0.717) is 6.54 Å². The number of benzene rings is 2. The van der Waals surface area contributed by atoms with Crippen LogP contribution in [0.4, 0.5) is 0 Å². The van der Waals surface area contributed by atoms with Crippen molar-refractivity contribution in [2.45, 2.75) is 25.9 Å². The summed E-state index contributed by atoms with van der Waals surface area (Å²) in [5.74, 6) is 1.70. The van der Waals surface area contributed by atoms with Gasteiger partial charge in [0.2, 0.25) is 0 Å². The van der Waals surface area contributed by atoms with Gasteiger partial charge in [-0.1, -0.05) is 42.5 Å². The molecule has 2 N–H and O–H groups in total. The van der Waals surface area contributed by atoms with Gasteiger partial charge >= 0.3 is 0 Å². The minimum absolute atomic E-state index is 0. The first-order chi connectivity index (χ1) is 13.1. The summed E-state index contributed by atoms with van der Waals surface area (Å²) < 4.78 is 5.78. The number of halogens is 1. The van der Waals surface area contributed by atoms with E-state index in [4.69, 9.17) is 4.74 Å². The van der Waals surface area contributed by atoms with Crippen LogP contribution >= 0.6 is 24.0 Å². The van der Waals surface area contributed by atoms with Crippen molar-refractivity contribution in [3.05, 3.63) is 65.7 Å². The van der Waals surface area contributed by atoms with Gasteiger partial charge in [0.25, 0.3) is 0 Å². The molecule has 2 rings (SSSR count). The number of rotatable bonds is 9. The molecule has 0 aromatic heterocycles. The van der Waals surface area contributed by atoms with Gasteiger partial charge in [0.1, 0.15) is 5.75 Å². The quantitative estimate of drug-likeness (QED) is 0.238. The number of aliphatic imine (C=N–C) groups is 1. The molecule has 2 aromatic carbocycles. The summed E-state index contributed by atoms with van der Waals surface area (Å²) in [6, 6.07) is 18.8. The van der Waals surface area contributed by atoms with Crippen LogP contribution in [-0.4, -0.2) is 45.2 Å². The zero-order chi connectivity index (χ0) is 19.5. The monoisotopic (exact) mass is 496 g/mol. The third kappa shape index (κ3) is 8.93. The van der Waals surface area contributed by atoms with E-state index in [0.717, 1.165) is 31.3 Å². The third-order valence-electron chi connectivity index (χ3n) is 4.28. The lowest BCUT2D eigenvalue weighted by Crippen LogP contribution is -2.38. The van der Waals surface area contributed by atoms with Gasteiger partial charge < -0.3 is 20.3 Å². The number of guanidine groups is 1. The summed E-state index contributed by atoms with van der Waals surface area (Å²) in [4.78, 5) is 6.48. The maximum Gasteiger partial charge on any atom is 0.191 e. The summed E-state index contributed by atoms with van der Waals surface area (Å²) in [7, 11) is 5.94. The fraction of sp³-hybridized carbons (Fsp3) is 0.409. The molecule has 6 heteroatoms. The molecule has 0 radical (unpaired) electrons.